The molecule has 1 heterocycles. The molecule has 1 rings (SSSR count). The van der Waals surface area contributed by atoms with E-state index in [2.05, 4.69) is 98.9 Å². The highest BCUT2D eigenvalue weighted by atomic mass is 32.2. The van der Waals surface area contributed by atoms with Crippen molar-refractivity contribution in [1.29, 1.82) is 0 Å². The second-order valence-corrected chi connectivity index (χ2v) is 16.8. The maximum Gasteiger partial charge on any atom is 0.306 e. The van der Waals surface area contributed by atoms with E-state index in [4.69, 9.17) is 18.9 Å². The summed E-state index contributed by atoms with van der Waals surface area (Å²) in [6, 6.07) is 0. The first kappa shape index (κ1) is 56.6. The summed E-state index contributed by atoms with van der Waals surface area (Å²) < 4.78 is 54.0. The fraction of sp³-hybridized carbons (Fsp3) is 0.633. The van der Waals surface area contributed by atoms with E-state index in [-0.39, 0.29) is 19.4 Å². The van der Waals surface area contributed by atoms with Gasteiger partial charge in [-0.2, -0.15) is 8.42 Å². The van der Waals surface area contributed by atoms with Gasteiger partial charge in [-0.05, 0) is 83.5 Å². The molecule has 6 atom stereocenters. The number of carbonyl (C=O) groups excluding carboxylic acids is 2. The normalized spacial score (nSPS) is 20.8. The molecule has 0 aromatic rings. The van der Waals surface area contributed by atoms with Gasteiger partial charge in [0.1, 0.15) is 36.8 Å². The first-order valence-electron chi connectivity index (χ1n) is 22.8. The average Bonchev–Trinajstić information content (AvgIpc) is 3.24. The van der Waals surface area contributed by atoms with Gasteiger partial charge in [0, 0.05) is 12.8 Å². The third-order valence-electron chi connectivity index (χ3n) is 9.66. The lowest BCUT2D eigenvalue weighted by molar-refractivity contribution is -0.297. The monoisotopic (exact) mass is 891 g/mol. The zero-order valence-electron chi connectivity index (χ0n) is 37.4. The topological polar surface area (TPSA) is 186 Å². The number of hydrogen-bond acceptors (Lipinski definition) is 11. The van der Waals surface area contributed by atoms with Crippen LogP contribution in [-0.4, -0.2) is 96.0 Å². The molecule has 352 valence electrons. The van der Waals surface area contributed by atoms with Crippen LogP contribution in [0.15, 0.2) is 97.2 Å². The van der Waals surface area contributed by atoms with E-state index in [1.165, 1.54) is 6.42 Å². The van der Waals surface area contributed by atoms with Crippen LogP contribution in [0.4, 0.5) is 0 Å². The Morgan fingerprint density at radius 3 is 1.48 bits per heavy atom. The van der Waals surface area contributed by atoms with Gasteiger partial charge in [-0.3, -0.25) is 14.1 Å². The standard InChI is InChI=1S/C49H78O12S/c1-3-5-7-9-11-13-15-17-19-21-23-25-27-29-31-33-35-37-44(50)58-39-42(40-59-49-48(54)47(53)46(52)43(61-49)41-62(55,56)57)60-45(51)38-36-34-32-30-28-26-24-22-20-18-16-14-12-10-8-6-4-2/h5-8,11-14,17-20,24,26,30,32,42-43,46-49,52-54H,3-4,9-10,15-16,21-23,25,27-29,31,33-41H2,1-2H3,(H,55,56,57)/b7-5-,8-6-,13-11-,14-12-,19-17-,20-18-,26-24-,32-30-. The molecular weight excluding hydrogens is 813 g/mol. The third kappa shape index (κ3) is 32.3. The molecule has 12 nitrogen and oxygen atoms in total. The van der Waals surface area contributed by atoms with Crippen molar-refractivity contribution < 1.29 is 56.8 Å². The fourth-order valence-corrected chi connectivity index (χ4v) is 6.89. The highest BCUT2D eigenvalue weighted by molar-refractivity contribution is 7.85. The van der Waals surface area contributed by atoms with Gasteiger partial charge in [-0.25, -0.2) is 0 Å². The summed E-state index contributed by atoms with van der Waals surface area (Å²) >= 11 is 0. The van der Waals surface area contributed by atoms with Crippen molar-refractivity contribution >= 4 is 22.1 Å². The molecule has 0 amide bonds. The van der Waals surface area contributed by atoms with Gasteiger partial charge in [0.05, 0.1) is 6.61 Å². The van der Waals surface area contributed by atoms with Crippen molar-refractivity contribution in [2.75, 3.05) is 19.0 Å². The maximum absolute atomic E-state index is 12.8. The molecule has 1 fully saturated rings. The summed E-state index contributed by atoms with van der Waals surface area (Å²) in [7, 11) is -4.62. The Labute approximate surface area is 373 Å². The van der Waals surface area contributed by atoms with E-state index in [1.807, 2.05) is 12.2 Å². The highest BCUT2D eigenvalue weighted by Gasteiger charge is 2.46. The van der Waals surface area contributed by atoms with Gasteiger partial charge in [-0.1, -0.05) is 143 Å². The Kier molecular flexibility index (Phi) is 34.7. The summed E-state index contributed by atoms with van der Waals surface area (Å²) in [5.74, 6) is -2.09. The molecule has 0 saturated carbocycles. The number of allylic oxidation sites excluding steroid dienone is 16. The van der Waals surface area contributed by atoms with Crippen LogP contribution in [-0.2, 0) is 38.7 Å². The van der Waals surface area contributed by atoms with Crippen molar-refractivity contribution in [3.63, 3.8) is 0 Å². The lowest BCUT2D eigenvalue weighted by Crippen LogP contribution is -2.60. The number of rotatable bonds is 36. The molecule has 0 aliphatic carbocycles. The van der Waals surface area contributed by atoms with Crippen LogP contribution in [0, 0.1) is 0 Å². The molecule has 0 spiro atoms. The van der Waals surface area contributed by atoms with Gasteiger partial charge in [-0.15, -0.1) is 0 Å². The van der Waals surface area contributed by atoms with Crippen LogP contribution >= 0.6 is 0 Å². The van der Waals surface area contributed by atoms with E-state index in [0.717, 1.165) is 89.9 Å². The Balaban J connectivity index is 2.50. The molecule has 1 saturated heterocycles. The minimum atomic E-state index is -4.62. The molecule has 0 radical (unpaired) electrons. The molecule has 1 aliphatic rings. The zero-order chi connectivity index (χ0) is 45.5. The van der Waals surface area contributed by atoms with Gasteiger partial charge in [0.25, 0.3) is 10.1 Å². The van der Waals surface area contributed by atoms with Gasteiger partial charge in [0.2, 0.25) is 0 Å². The summed E-state index contributed by atoms with van der Waals surface area (Å²) in [4.78, 5) is 25.4. The number of unbranched alkanes of at least 4 members (excludes halogenated alkanes) is 8. The van der Waals surface area contributed by atoms with Crippen molar-refractivity contribution in [3.8, 4) is 0 Å². The van der Waals surface area contributed by atoms with Crippen molar-refractivity contribution in [2.45, 2.75) is 179 Å². The van der Waals surface area contributed by atoms with Gasteiger partial charge < -0.3 is 34.3 Å². The van der Waals surface area contributed by atoms with Crippen molar-refractivity contribution in [3.05, 3.63) is 97.2 Å². The second-order valence-electron chi connectivity index (χ2n) is 15.3. The number of aliphatic hydroxyl groups is 3. The largest absolute Gasteiger partial charge is 0.462 e. The van der Waals surface area contributed by atoms with Crippen LogP contribution in [0.5, 0.6) is 0 Å². The van der Waals surface area contributed by atoms with Crippen LogP contribution in [0.25, 0.3) is 0 Å². The van der Waals surface area contributed by atoms with Crippen LogP contribution < -0.4 is 0 Å². The third-order valence-corrected chi connectivity index (χ3v) is 10.4. The van der Waals surface area contributed by atoms with Crippen molar-refractivity contribution in [2.24, 2.45) is 0 Å². The minimum absolute atomic E-state index is 0.0778. The Bertz CT molecular complexity index is 1510. The Morgan fingerprint density at radius 1 is 0.548 bits per heavy atom. The van der Waals surface area contributed by atoms with E-state index >= 15 is 0 Å². The first-order valence-corrected chi connectivity index (χ1v) is 24.4. The summed E-state index contributed by atoms with van der Waals surface area (Å²) in [6.07, 6.45) is 41.7. The number of esters is 2. The molecule has 0 aromatic heterocycles. The Morgan fingerprint density at radius 2 is 0.984 bits per heavy atom. The summed E-state index contributed by atoms with van der Waals surface area (Å²) in [5, 5.41) is 30.9. The van der Waals surface area contributed by atoms with Gasteiger partial charge in [0.15, 0.2) is 12.4 Å². The molecule has 0 aromatic carbocycles. The molecule has 4 N–H and O–H groups in total. The highest BCUT2D eigenvalue weighted by Crippen LogP contribution is 2.24. The predicted molar refractivity (Wildman–Crippen MR) is 247 cm³/mol. The number of aliphatic hydroxyl groups excluding tert-OH is 3. The first-order chi connectivity index (χ1) is 30.0. The lowest BCUT2D eigenvalue weighted by atomic mass is 10.00. The zero-order valence-corrected chi connectivity index (χ0v) is 38.2. The average molecular weight is 891 g/mol. The van der Waals surface area contributed by atoms with E-state index in [0.29, 0.717) is 19.3 Å². The number of ether oxygens (including phenoxy) is 4. The van der Waals surface area contributed by atoms with E-state index in [9.17, 15) is 37.9 Å². The summed E-state index contributed by atoms with van der Waals surface area (Å²) in [5.41, 5.74) is 0. The van der Waals surface area contributed by atoms with Crippen LogP contribution in [0.2, 0.25) is 0 Å². The minimum Gasteiger partial charge on any atom is -0.462 e. The SMILES string of the molecule is CC/C=C\C/C=C\C/C=C\C/C=C\C/C=C\CCCC(=O)OC(COC(=O)CCCCCCCCC/C=C\C/C=C\C/C=C\CC)COC1OC(CS(=O)(=O)O)C(O)C(O)C1O. The fourth-order valence-electron chi connectivity index (χ4n) is 6.20. The Hall–Kier alpha value is -3.43. The lowest BCUT2D eigenvalue weighted by Gasteiger charge is -2.40. The molecule has 6 unspecified atom stereocenters. The number of carbonyl (C=O) groups is 2. The molecule has 13 heteroatoms. The van der Waals surface area contributed by atoms with E-state index < -0.39 is 71.2 Å². The smallest absolute Gasteiger partial charge is 0.306 e. The molecule has 0 bridgehead atoms. The molecule has 1 aliphatic heterocycles. The second kappa shape index (κ2) is 38.1. The van der Waals surface area contributed by atoms with E-state index in [1.54, 1.807) is 0 Å². The van der Waals surface area contributed by atoms with Crippen molar-refractivity contribution in [1.82, 2.24) is 0 Å². The predicted octanol–water partition coefficient (Wildman–Crippen LogP) is 9.44. The summed E-state index contributed by atoms with van der Waals surface area (Å²) in [6.45, 7) is 3.46. The molecular formula is C49H78O12S. The number of hydrogen-bond donors (Lipinski definition) is 4. The van der Waals surface area contributed by atoms with Crippen LogP contribution in [0.1, 0.15) is 142 Å². The molecule has 62 heavy (non-hydrogen) atoms. The maximum atomic E-state index is 12.8. The van der Waals surface area contributed by atoms with Gasteiger partial charge >= 0.3 is 11.9 Å². The quantitative estimate of drug-likeness (QED) is 0.0202. The van der Waals surface area contributed by atoms with Crippen LogP contribution in [0.3, 0.4) is 0 Å².